The van der Waals surface area contributed by atoms with E-state index in [1.165, 1.54) is 22.9 Å². The van der Waals surface area contributed by atoms with Crippen LogP contribution < -0.4 is 14.5 Å². The van der Waals surface area contributed by atoms with Crippen LogP contribution in [0.5, 0.6) is 5.75 Å². The molecule has 1 aliphatic heterocycles. The molecule has 41 heavy (non-hydrogen) atoms. The smallest absolute Gasteiger partial charge is 0.304 e. The lowest BCUT2D eigenvalue weighted by Crippen LogP contribution is -2.35. The van der Waals surface area contributed by atoms with Crippen molar-refractivity contribution in [3.63, 3.8) is 0 Å². The Morgan fingerprint density at radius 3 is 2.71 bits per heavy atom. The van der Waals surface area contributed by atoms with Crippen LogP contribution in [0.4, 0.5) is 19.7 Å². The highest BCUT2D eigenvalue weighted by atomic mass is 32.1. The van der Waals surface area contributed by atoms with Crippen molar-refractivity contribution in [2.45, 2.75) is 44.9 Å². The summed E-state index contributed by atoms with van der Waals surface area (Å²) in [4.78, 5) is 48.7. The first-order chi connectivity index (χ1) is 19.7. The fourth-order valence-corrected chi connectivity index (χ4v) is 6.48. The fraction of sp³-hybridized carbons (Fsp3) is 0.414. The molecule has 3 heterocycles. The summed E-state index contributed by atoms with van der Waals surface area (Å²) in [5.41, 5.74) is 2.09. The number of carbonyl (C=O) groups is 3. The predicted molar refractivity (Wildman–Crippen MR) is 150 cm³/mol. The number of carboxylic acids is 1. The monoisotopic (exact) mass is 584 g/mol. The number of rotatable bonds is 10. The van der Waals surface area contributed by atoms with Gasteiger partial charge in [-0.1, -0.05) is 37.0 Å². The lowest BCUT2D eigenvalue weighted by Gasteiger charge is -2.23. The molecule has 1 aliphatic carbocycles. The summed E-state index contributed by atoms with van der Waals surface area (Å²) in [7, 11) is 3.11. The first-order valence-corrected chi connectivity index (χ1v) is 14.2. The second-order valence-corrected chi connectivity index (χ2v) is 11.4. The Labute approximate surface area is 239 Å². The average Bonchev–Trinajstić information content (AvgIpc) is 3.67. The highest BCUT2D eigenvalue weighted by molar-refractivity contribution is 7.14. The molecule has 1 fully saturated rings. The molecule has 2 amide bonds. The Balaban J connectivity index is 1.49. The number of aromatic nitrogens is 2. The van der Waals surface area contributed by atoms with E-state index in [1.54, 1.807) is 31.4 Å². The van der Waals surface area contributed by atoms with E-state index >= 15 is 4.39 Å². The van der Waals surface area contributed by atoms with Crippen LogP contribution in [-0.2, 0) is 20.8 Å². The highest BCUT2D eigenvalue weighted by Gasteiger charge is 2.32. The lowest BCUT2D eigenvalue weighted by molar-refractivity contribution is -0.140. The second-order valence-electron chi connectivity index (χ2n) is 10.5. The number of likely N-dealkylation sites (N-methyl/N-ethyl adjacent to an activating group) is 1. The van der Waals surface area contributed by atoms with Crippen LogP contribution in [0.25, 0.3) is 22.4 Å². The molecule has 2 aliphatic rings. The maximum Gasteiger partial charge on any atom is 0.304 e. The van der Waals surface area contributed by atoms with E-state index in [9.17, 15) is 23.9 Å². The van der Waals surface area contributed by atoms with Gasteiger partial charge in [0, 0.05) is 42.9 Å². The van der Waals surface area contributed by atoms with Gasteiger partial charge in [0.25, 0.3) is 0 Å². The molecule has 3 aromatic rings. The molecule has 0 spiro atoms. The number of hydrogen-bond acceptors (Lipinski definition) is 7. The number of nitrogens with zero attached hydrogens (tertiary/aromatic N) is 4. The standard InChI is InChI=1S/C29H30F2N4O5S/c1-34-23(36)11-17-10-19(14-32-27(17)34)21-8-7-20(40-15-30)13-22(21)25-26(31)41-29(33-25)35(2)28(39)18(12-24(37)38)9-16-5-3-4-6-16/h7-8,10,13-14,16,18H,3-6,9,11-12,15H2,1-2H3,(H,37,38)/t18-/m1/s1. The minimum Gasteiger partial charge on any atom is -0.481 e. The van der Waals surface area contributed by atoms with Gasteiger partial charge in [0.2, 0.25) is 23.8 Å². The van der Waals surface area contributed by atoms with Crippen molar-refractivity contribution < 1.29 is 33.0 Å². The van der Waals surface area contributed by atoms with Crippen molar-refractivity contribution in [1.29, 1.82) is 0 Å². The number of ether oxygens (including phenoxy) is 1. The summed E-state index contributed by atoms with van der Waals surface area (Å²) in [6.45, 7) is -1.08. The van der Waals surface area contributed by atoms with E-state index < -0.39 is 29.8 Å². The number of fused-ring (bicyclic) bond motifs is 1. The van der Waals surface area contributed by atoms with Gasteiger partial charge in [0.1, 0.15) is 17.3 Å². The number of anilines is 2. The normalized spacial score (nSPS) is 15.7. The van der Waals surface area contributed by atoms with E-state index in [4.69, 9.17) is 4.74 Å². The van der Waals surface area contributed by atoms with Crippen LogP contribution in [0.2, 0.25) is 0 Å². The molecule has 1 aromatic carbocycles. The maximum absolute atomic E-state index is 15.5. The Hall–Kier alpha value is -3.93. The Kier molecular flexibility index (Phi) is 8.30. The van der Waals surface area contributed by atoms with Gasteiger partial charge in [-0.3, -0.25) is 24.2 Å². The number of benzene rings is 1. The van der Waals surface area contributed by atoms with Crippen molar-refractivity contribution in [3.8, 4) is 28.1 Å². The molecule has 1 atom stereocenters. The molecule has 12 heteroatoms. The van der Waals surface area contributed by atoms with E-state index in [2.05, 4.69) is 9.97 Å². The maximum atomic E-state index is 15.5. The number of halogens is 2. The Morgan fingerprint density at radius 1 is 1.24 bits per heavy atom. The number of amides is 2. The third-order valence-electron chi connectivity index (χ3n) is 7.81. The molecular weight excluding hydrogens is 554 g/mol. The van der Waals surface area contributed by atoms with Crippen molar-refractivity contribution in [2.75, 3.05) is 30.8 Å². The van der Waals surface area contributed by atoms with Crippen molar-refractivity contribution in [2.24, 2.45) is 11.8 Å². The van der Waals surface area contributed by atoms with Crippen LogP contribution in [0.3, 0.4) is 0 Å². The summed E-state index contributed by atoms with van der Waals surface area (Å²) >= 11 is 0.666. The number of alkyl halides is 1. The third kappa shape index (κ3) is 5.92. The molecule has 0 radical (unpaired) electrons. The quantitative estimate of drug-likeness (QED) is 0.336. The van der Waals surface area contributed by atoms with Gasteiger partial charge in [-0.05, 0) is 42.2 Å². The van der Waals surface area contributed by atoms with Gasteiger partial charge in [-0.15, -0.1) is 0 Å². The largest absolute Gasteiger partial charge is 0.481 e. The van der Waals surface area contributed by atoms with Crippen LogP contribution in [0.15, 0.2) is 30.5 Å². The van der Waals surface area contributed by atoms with Gasteiger partial charge in [-0.25, -0.2) is 14.4 Å². The average molecular weight is 585 g/mol. The van der Waals surface area contributed by atoms with Crippen molar-refractivity contribution in [3.05, 3.63) is 41.2 Å². The molecular formula is C29H30F2N4O5S. The second kappa shape index (κ2) is 11.9. The SMILES string of the molecule is CN(C(=O)[C@@H](CC(=O)O)CC1CCCC1)c1nc(-c2cc(OCF)ccc2-c2cnc3c(c2)CC(=O)N3C)c(F)s1. The van der Waals surface area contributed by atoms with Gasteiger partial charge >= 0.3 is 5.97 Å². The molecule has 1 N–H and O–H groups in total. The zero-order valence-corrected chi connectivity index (χ0v) is 23.5. The number of carbonyl (C=O) groups excluding carboxylic acids is 2. The fourth-order valence-electron chi connectivity index (χ4n) is 5.71. The Bertz CT molecular complexity index is 1490. The van der Waals surface area contributed by atoms with E-state index in [0.29, 0.717) is 40.3 Å². The van der Waals surface area contributed by atoms with Crippen LogP contribution in [-0.4, -0.2) is 53.8 Å². The number of thiazole rings is 1. The zero-order valence-electron chi connectivity index (χ0n) is 22.7. The van der Waals surface area contributed by atoms with Crippen molar-refractivity contribution in [1.82, 2.24) is 9.97 Å². The third-order valence-corrected chi connectivity index (χ3v) is 8.73. The predicted octanol–water partition coefficient (Wildman–Crippen LogP) is 5.47. The molecule has 0 saturated heterocycles. The number of hydrogen-bond donors (Lipinski definition) is 1. The number of carboxylic acid groups (broad SMARTS) is 1. The first kappa shape index (κ1) is 28.6. The highest BCUT2D eigenvalue weighted by Crippen LogP contribution is 2.41. The summed E-state index contributed by atoms with van der Waals surface area (Å²) in [5.74, 6) is -1.33. The molecule has 0 bridgehead atoms. The number of pyridine rings is 1. The van der Waals surface area contributed by atoms with Gasteiger partial charge < -0.3 is 9.84 Å². The minimum absolute atomic E-state index is 0.0665. The Morgan fingerprint density at radius 2 is 2.00 bits per heavy atom. The van der Waals surface area contributed by atoms with Crippen LogP contribution in [0, 0.1) is 17.0 Å². The molecule has 216 valence electrons. The molecule has 1 saturated carbocycles. The molecule has 0 unspecified atom stereocenters. The minimum atomic E-state index is -1.08. The van der Waals surface area contributed by atoms with E-state index in [-0.39, 0.29) is 41.2 Å². The first-order valence-electron chi connectivity index (χ1n) is 13.4. The van der Waals surface area contributed by atoms with Crippen molar-refractivity contribution >= 4 is 40.1 Å². The van der Waals surface area contributed by atoms with E-state index in [1.807, 2.05) is 0 Å². The summed E-state index contributed by atoms with van der Waals surface area (Å²) in [6, 6.07) is 6.46. The zero-order chi connectivity index (χ0) is 29.3. The molecule has 9 nitrogen and oxygen atoms in total. The summed E-state index contributed by atoms with van der Waals surface area (Å²) < 4.78 is 33.6. The lowest BCUT2D eigenvalue weighted by atomic mass is 9.90. The van der Waals surface area contributed by atoms with Crippen LogP contribution >= 0.6 is 11.3 Å². The molecule has 2 aromatic heterocycles. The topological polar surface area (TPSA) is 113 Å². The van der Waals surface area contributed by atoms with Gasteiger partial charge in [-0.2, -0.15) is 4.39 Å². The number of aliphatic carboxylic acids is 1. The summed E-state index contributed by atoms with van der Waals surface area (Å²) in [6.07, 6.45) is 5.97. The van der Waals surface area contributed by atoms with Crippen LogP contribution in [0.1, 0.15) is 44.1 Å². The van der Waals surface area contributed by atoms with Gasteiger partial charge in [0.15, 0.2) is 5.13 Å². The van der Waals surface area contributed by atoms with E-state index in [0.717, 1.165) is 31.2 Å². The molecule has 5 rings (SSSR count). The van der Waals surface area contributed by atoms with Gasteiger partial charge in [0.05, 0.1) is 12.8 Å². The summed E-state index contributed by atoms with van der Waals surface area (Å²) in [5, 5.41) is 8.85.